The first-order chi connectivity index (χ1) is 4.70. The Bertz CT molecular complexity index is 141. The molecule has 10 heavy (non-hydrogen) atoms. The van der Waals surface area contributed by atoms with Crippen molar-refractivity contribution in [2.75, 3.05) is 0 Å². The molecule has 0 heterocycles. The topological polar surface area (TPSA) is 37.3 Å². The molecule has 1 aliphatic rings. The van der Waals surface area contributed by atoms with Gasteiger partial charge in [-0.25, -0.2) is 0 Å². The van der Waals surface area contributed by atoms with Crippen molar-refractivity contribution in [3.8, 4) is 0 Å². The zero-order valence-corrected chi connectivity index (χ0v) is 6.77. The molecule has 1 N–H and O–H groups in total. The summed E-state index contributed by atoms with van der Waals surface area (Å²) in [5.74, 6) is 0.398. The van der Waals surface area contributed by atoms with Gasteiger partial charge in [0.2, 0.25) is 0 Å². The van der Waals surface area contributed by atoms with Gasteiger partial charge in [-0.1, -0.05) is 13.8 Å². The number of ketones is 1. The quantitative estimate of drug-likeness (QED) is 0.563. The third-order valence-electron chi connectivity index (χ3n) is 1.32. The number of Topliss-reactive ketones (excluding diaryl/α,β-unsaturated/α-hetero) is 1. The molecule has 0 aromatic carbocycles. The molecule has 0 saturated heterocycles. The van der Waals surface area contributed by atoms with Gasteiger partial charge < -0.3 is 5.11 Å². The Labute approximate surface area is 61.6 Å². The van der Waals surface area contributed by atoms with Gasteiger partial charge in [0.25, 0.3) is 0 Å². The number of carbonyl (C=O) groups is 1. The number of rotatable bonds is 0. The second-order valence-electron chi connectivity index (χ2n) is 2.12. The number of aliphatic hydroxyl groups excluding tert-OH is 1. The van der Waals surface area contributed by atoms with E-state index < -0.39 is 0 Å². The molecule has 0 fully saturated rings. The summed E-state index contributed by atoms with van der Waals surface area (Å²) in [6.45, 7) is 5.78. The Hall–Kier alpha value is -0.790. The van der Waals surface area contributed by atoms with Crippen LogP contribution in [-0.2, 0) is 4.79 Å². The number of hydrogen-bond acceptors (Lipinski definition) is 2. The number of carbonyl (C=O) groups excluding carboxylic acids is 1. The minimum Gasteiger partial charge on any atom is -0.512 e. The van der Waals surface area contributed by atoms with Gasteiger partial charge in [-0.2, -0.15) is 0 Å². The van der Waals surface area contributed by atoms with Crippen molar-refractivity contribution >= 4 is 5.78 Å². The zero-order chi connectivity index (χ0) is 8.15. The first-order valence-electron chi connectivity index (χ1n) is 3.59. The molecule has 0 amide bonds. The van der Waals surface area contributed by atoms with E-state index in [0.29, 0.717) is 6.42 Å². The van der Waals surface area contributed by atoms with E-state index in [1.54, 1.807) is 6.92 Å². The van der Waals surface area contributed by atoms with Crippen molar-refractivity contribution in [1.29, 1.82) is 0 Å². The third kappa shape index (κ3) is 2.21. The Balaban J connectivity index is 0.000000371. The first kappa shape index (κ1) is 9.21. The van der Waals surface area contributed by atoms with Crippen LogP contribution >= 0.6 is 0 Å². The minimum absolute atomic E-state index is 0.125. The lowest BCUT2D eigenvalue weighted by molar-refractivity contribution is -0.117. The van der Waals surface area contributed by atoms with Gasteiger partial charge >= 0.3 is 0 Å². The van der Waals surface area contributed by atoms with Crippen LogP contribution in [0.25, 0.3) is 0 Å². The van der Waals surface area contributed by atoms with Crippen molar-refractivity contribution in [3.05, 3.63) is 11.3 Å². The van der Waals surface area contributed by atoms with E-state index in [9.17, 15) is 4.79 Å². The fourth-order valence-electron chi connectivity index (χ4n) is 0.798. The van der Waals surface area contributed by atoms with E-state index in [0.717, 1.165) is 5.57 Å². The summed E-state index contributed by atoms with van der Waals surface area (Å²) in [7, 11) is 0. The highest BCUT2D eigenvalue weighted by atomic mass is 16.3. The van der Waals surface area contributed by atoms with Crippen LogP contribution in [0.5, 0.6) is 0 Å². The Morgan fingerprint density at radius 3 is 1.90 bits per heavy atom. The highest BCUT2D eigenvalue weighted by Gasteiger charge is 2.16. The Morgan fingerprint density at radius 2 is 1.80 bits per heavy atom. The first-order valence-corrected chi connectivity index (χ1v) is 3.59. The van der Waals surface area contributed by atoms with Crippen molar-refractivity contribution in [2.24, 2.45) is 0 Å². The van der Waals surface area contributed by atoms with Gasteiger partial charge in [0.15, 0.2) is 0 Å². The molecule has 1 rings (SSSR count). The van der Waals surface area contributed by atoms with Crippen LogP contribution in [0.2, 0.25) is 0 Å². The summed E-state index contributed by atoms with van der Waals surface area (Å²) in [6, 6.07) is 0. The molecule has 2 heteroatoms. The van der Waals surface area contributed by atoms with Crippen LogP contribution in [0.15, 0.2) is 11.3 Å². The smallest absolute Gasteiger partial charge is 0.144 e. The summed E-state index contributed by atoms with van der Waals surface area (Å²) in [5.41, 5.74) is 0.829. The van der Waals surface area contributed by atoms with Crippen LogP contribution in [0.4, 0.5) is 0 Å². The molecule has 0 saturated carbocycles. The van der Waals surface area contributed by atoms with Crippen molar-refractivity contribution in [2.45, 2.75) is 33.6 Å². The highest BCUT2D eigenvalue weighted by Crippen LogP contribution is 2.19. The summed E-state index contributed by atoms with van der Waals surface area (Å²) >= 11 is 0. The molecule has 0 aromatic rings. The minimum atomic E-state index is 0.125. The molecule has 0 aromatic heterocycles. The predicted molar refractivity (Wildman–Crippen MR) is 40.9 cm³/mol. The number of hydrogen-bond donors (Lipinski definition) is 1. The molecule has 0 aliphatic heterocycles. The van der Waals surface area contributed by atoms with Gasteiger partial charge in [-0.05, 0) is 12.5 Å². The summed E-state index contributed by atoms with van der Waals surface area (Å²) in [5, 5.41) is 8.83. The molecule has 0 spiro atoms. The van der Waals surface area contributed by atoms with Gasteiger partial charge in [0.05, 0.1) is 12.2 Å². The summed E-state index contributed by atoms with van der Waals surface area (Å²) in [6.07, 6.45) is 0.706. The van der Waals surface area contributed by atoms with Crippen LogP contribution in [0.1, 0.15) is 33.6 Å². The largest absolute Gasteiger partial charge is 0.512 e. The van der Waals surface area contributed by atoms with Crippen LogP contribution in [-0.4, -0.2) is 10.9 Å². The van der Waals surface area contributed by atoms with E-state index in [4.69, 9.17) is 5.11 Å². The SMILES string of the molecule is CC.CC1=C(O)CC(=O)C1. The maximum atomic E-state index is 10.5. The van der Waals surface area contributed by atoms with E-state index in [1.165, 1.54) is 0 Å². The zero-order valence-electron chi connectivity index (χ0n) is 6.77. The third-order valence-corrected chi connectivity index (χ3v) is 1.32. The molecular formula is C8H14O2. The average Bonchev–Trinajstić information content (AvgIpc) is 2.16. The fourth-order valence-corrected chi connectivity index (χ4v) is 0.798. The van der Waals surface area contributed by atoms with Crippen molar-refractivity contribution in [1.82, 2.24) is 0 Å². The molecule has 1 aliphatic carbocycles. The van der Waals surface area contributed by atoms with E-state index in [1.807, 2.05) is 13.8 Å². The Morgan fingerprint density at radius 1 is 1.30 bits per heavy atom. The molecule has 0 unspecified atom stereocenters. The molecule has 0 bridgehead atoms. The lowest BCUT2D eigenvalue weighted by atomic mass is 10.3. The van der Waals surface area contributed by atoms with Gasteiger partial charge in [-0.15, -0.1) is 0 Å². The average molecular weight is 142 g/mol. The molecule has 0 atom stereocenters. The fraction of sp³-hybridized carbons (Fsp3) is 0.625. The lowest BCUT2D eigenvalue weighted by Crippen LogP contribution is -1.86. The van der Waals surface area contributed by atoms with Gasteiger partial charge in [-0.3, -0.25) is 4.79 Å². The van der Waals surface area contributed by atoms with E-state index in [-0.39, 0.29) is 18.0 Å². The number of aliphatic hydroxyl groups is 1. The standard InChI is InChI=1S/C6H8O2.C2H6/c1-4-2-5(7)3-6(4)8;1-2/h8H,2-3H2,1H3;1-2H3. The van der Waals surface area contributed by atoms with E-state index >= 15 is 0 Å². The molecular weight excluding hydrogens is 128 g/mol. The molecule has 58 valence electrons. The van der Waals surface area contributed by atoms with Crippen molar-refractivity contribution < 1.29 is 9.90 Å². The molecule has 2 nitrogen and oxygen atoms in total. The van der Waals surface area contributed by atoms with Crippen LogP contribution in [0.3, 0.4) is 0 Å². The maximum absolute atomic E-state index is 10.5. The Kier molecular flexibility index (Phi) is 3.77. The normalized spacial score (nSPS) is 16.9. The van der Waals surface area contributed by atoms with Gasteiger partial charge in [0.1, 0.15) is 5.78 Å². The van der Waals surface area contributed by atoms with E-state index in [2.05, 4.69) is 0 Å². The molecule has 0 radical (unpaired) electrons. The lowest BCUT2D eigenvalue weighted by Gasteiger charge is -1.85. The second-order valence-corrected chi connectivity index (χ2v) is 2.12. The summed E-state index contributed by atoms with van der Waals surface area (Å²) in [4.78, 5) is 10.5. The van der Waals surface area contributed by atoms with Gasteiger partial charge in [0, 0.05) is 6.42 Å². The monoisotopic (exact) mass is 142 g/mol. The van der Waals surface area contributed by atoms with Crippen LogP contribution in [0, 0.1) is 0 Å². The van der Waals surface area contributed by atoms with Crippen molar-refractivity contribution in [3.63, 3.8) is 0 Å². The van der Waals surface area contributed by atoms with Crippen LogP contribution < -0.4 is 0 Å². The summed E-state index contributed by atoms with van der Waals surface area (Å²) < 4.78 is 0. The second kappa shape index (κ2) is 4.09. The maximum Gasteiger partial charge on any atom is 0.144 e. The predicted octanol–water partition coefficient (Wildman–Crippen LogP) is 2.21. The number of allylic oxidation sites excluding steroid dienone is 2. The highest BCUT2D eigenvalue weighted by molar-refractivity contribution is 5.86.